The quantitative estimate of drug-likeness (QED) is 0.847. The molecule has 0 unspecified atom stereocenters. The summed E-state index contributed by atoms with van der Waals surface area (Å²) in [5, 5.41) is 3.39. The third-order valence-corrected chi connectivity index (χ3v) is 3.43. The van der Waals surface area contributed by atoms with E-state index < -0.39 is 0 Å². The molecule has 2 rings (SSSR count). The zero-order valence-corrected chi connectivity index (χ0v) is 13.2. The molecule has 2 aromatic rings. The van der Waals surface area contributed by atoms with Crippen molar-refractivity contribution in [1.29, 1.82) is 0 Å². The average Bonchev–Trinajstić information content (AvgIpc) is 2.92. The molecule has 114 valence electrons. The Morgan fingerprint density at radius 2 is 1.90 bits per heavy atom. The van der Waals surface area contributed by atoms with E-state index in [0.717, 1.165) is 30.3 Å². The lowest BCUT2D eigenvalue weighted by molar-refractivity contribution is 0.415. The van der Waals surface area contributed by atoms with Gasteiger partial charge in [0.1, 0.15) is 11.5 Å². The van der Waals surface area contributed by atoms with Crippen LogP contribution in [0.5, 0.6) is 5.75 Å². The summed E-state index contributed by atoms with van der Waals surface area (Å²) in [7, 11) is 3.76. The van der Waals surface area contributed by atoms with E-state index in [4.69, 9.17) is 9.15 Å². The van der Waals surface area contributed by atoms with Crippen molar-refractivity contribution in [3.05, 3.63) is 47.9 Å². The first-order valence-corrected chi connectivity index (χ1v) is 7.24. The first-order chi connectivity index (χ1) is 10.1. The highest BCUT2D eigenvalue weighted by atomic mass is 16.5. The van der Waals surface area contributed by atoms with Crippen LogP contribution >= 0.6 is 0 Å². The van der Waals surface area contributed by atoms with Crippen LogP contribution in [0.1, 0.15) is 25.2 Å². The molecule has 0 saturated heterocycles. The van der Waals surface area contributed by atoms with E-state index in [1.54, 1.807) is 13.4 Å². The lowest BCUT2D eigenvalue weighted by atomic mass is 10.2. The maximum absolute atomic E-state index is 5.58. The maximum atomic E-state index is 5.58. The Hall–Kier alpha value is -1.94. The molecule has 0 atom stereocenters. The van der Waals surface area contributed by atoms with Crippen LogP contribution in [0, 0.1) is 0 Å². The summed E-state index contributed by atoms with van der Waals surface area (Å²) in [5.41, 5.74) is 2.36. The molecule has 0 aliphatic heterocycles. The maximum Gasteiger partial charge on any atom is 0.122 e. The smallest absolute Gasteiger partial charge is 0.122 e. The van der Waals surface area contributed by atoms with Crippen molar-refractivity contribution in [1.82, 2.24) is 5.32 Å². The van der Waals surface area contributed by atoms with E-state index in [1.165, 1.54) is 5.56 Å². The Labute approximate surface area is 126 Å². The fourth-order valence-electron chi connectivity index (χ4n) is 2.14. The first-order valence-electron chi connectivity index (χ1n) is 7.24. The standard InChI is InChI=1S/C17H24N2O2/c1-13(2)18-11-17-14(9-10-21-17)12-19(3)15-5-7-16(20-4)8-6-15/h5-10,13,18H,11-12H2,1-4H3. The minimum atomic E-state index is 0.447. The van der Waals surface area contributed by atoms with E-state index in [2.05, 4.69) is 43.2 Å². The molecule has 1 heterocycles. The number of nitrogens with zero attached hydrogens (tertiary/aromatic N) is 1. The minimum absolute atomic E-state index is 0.447. The molecule has 0 bridgehead atoms. The number of rotatable bonds is 7. The van der Waals surface area contributed by atoms with E-state index >= 15 is 0 Å². The van der Waals surface area contributed by atoms with Gasteiger partial charge in [0.25, 0.3) is 0 Å². The number of furan rings is 1. The molecule has 4 nitrogen and oxygen atoms in total. The number of benzene rings is 1. The Balaban J connectivity index is 2.01. The third kappa shape index (κ3) is 4.26. The van der Waals surface area contributed by atoms with Gasteiger partial charge in [-0.25, -0.2) is 0 Å². The van der Waals surface area contributed by atoms with Crippen molar-refractivity contribution in [2.45, 2.75) is 33.0 Å². The van der Waals surface area contributed by atoms with E-state index in [1.807, 2.05) is 18.2 Å². The van der Waals surface area contributed by atoms with Gasteiger partial charge in [0.15, 0.2) is 0 Å². The van der Waals surface area contributed by atoms with Gasteiger partial charge in [-0.05, 0) is 30.3 Å². The van der Waals surface area contributed by atoms with Crippen LogP contribution in [-0.4, -0.2) is 20.2 Å². The molecule has 1 aromatic carbocycles. The lowest BCUT2D eigenvalue weighted by Crippen LogP contribution is -2.23. The zero-order valence-electron chi connectivity index (χ0n) is 13.2. The Kier molecular flexibility index (Phi) is 5.28. The molecule has 0 saturated carbocycles. The predicted octanol–water partition coefficient (Wildman–Crippen LogP) is 3.42. The minimum Gasteiger partial charge on any atom is -0.497 e. The van der Waals surface area contributed by atoms with Gasteiger partial charge in [0.05, 0.1) is 19.9 Å². The van der Waals surface area contributed by atoms with Gasteiger partial charge in [-0.1, -0.05) is 13.8 Å². The van der Waals surface area contributed by atoms with Crippen LogP contribution < -0.4 is 15.0 Å². The van der Waals surface area contributed by atoms with Crippen LogP contribution in [-0.2, 0) is 13.1 Å². The molecule has 21 heavy (non-hydrogen) atoms. The van der Waals surface area contributed by atoms with Crippen molar-refractivity contribution >= 4 is 5.69 Å². The average molecular weight is 288 g/mol. The molecule has 0 radical (unpaired) electrons. The summed E-state index contributed by atoms with van der Waals surface area (Å²) < 4.78 is 10.8. The second-order valence-corrected chi connectivity index (χ2v) is 5.46. The summed E-state index contributed by atoms with van der Waals surface area (Å²) in [4.78, 5) is 2.20. The molecule has 1 aromatic heterocycles. The normalized spacial score (nSPS) is 10.9. The molecular formula is C17H24N2O2. The van der Waals surface area contributed by atoms with Crippen molar-refractivity contribution in [2.24, 2.45) is 0 Å². The van der Waals surface area contributed by atoms with Crippen LogP contribution in [0.4, 0.5) is 5.69 Å². The molecule has 0 fully saturated rings. The Morgan fingerprint density at radius 1 is 1.19 bits per heavy atom. The predicted molar refractivity (Wildman–Crippen MR) is 85.8 cm³/mol. The zero-order chi connectivity index (χ0) is 15.2. The summed E-state index contributed by atoms with van der Waals surface area (Å²) in [5.74, 6) is 1.88. The molecule has 0 spiro atoms. The first kappa shape index (κ1) is 15.4. The topological polar surface area (TPSA) is 37.6 Å². The molecular weight excluding hydrogens is 264 g/mol. The van der Waals surface area contributed by atoms with Crippen LogP contribution in [0.3, 0.4) is 0 Å². The third-order valence-electron chi connectivity index (χ3n) is 3.43. The number of methoxy groups -OCH3 is 1. The van der Waals surface area contributed by atoms with E-state index in [9.17, 15) is 0 Å². The van der Waals surface area contributed by atoms with Crippen molar-refractivity contribution in [3.63, 3.8) is 0 Å². The summed E-state index contributed by atoms with van der Waals surface area (Å²) in [6.07, 6.45) is 1.76. The van der Waals surface area contributed by atoms with Crippen LogP contribution in [0.15, 0.2) is 41.0 Å². The monoisotopic (exact) mass is 288 g/mol. The SMILES string of the molecule is COc1ccc(N(C)Cc2ccoc2CNC(C)C)cc1. The molecule has 0 aliphatic rings. The second kappa shape index (κ2) is 7.18. The van der Waals surface area contributed by atoms with Gasteiger partial charge in [-0.15, -0.1) is 0 Å². The van der Waals surface area contributed by atoms with Crippen molar-refractivity contribution in [3.8, 4) is 5.75 Å². The molecule has 0 amide bonds. The van der Waals surface area contributed by atoms with Crippen LogP contribution in [0.2, 0.25) is 0 Å². The van der Waals surface area contributed by atoms with Gasteiger partial charge in [0.2, 0.25) is 0 Å². The van der Waals surface area contributed by atoms with E-state index in [-0.39, 0.29) is 0 Å². The van der Waals surface area contributed by atoms with Gasteiger partial charge < -0.3 is 19.4 Å². The van der Waals surface area contributed by atoms with Gasteiger partial charge in [-0.3, -0.25) is 0 Å². The lowest BCUT2D eigenvalue weighted by Gasteiger charge is -2.19. The highest BCUT2D eigenvalue weighted by Gasteiger charge is 2.10. The fourth-order valence-corrected chi connectivity index (χ4v) is 2.14. The van der Waals surface area contributed by atoms with Gasteiger partial charge in [0, 0.05) is 30.9 Å². The molecule has 1 N–H and O–H groups in total. The van der Waals surface area contributed by atoms with Crippen LogP contribution in [0.25, 0.3) is 0 Å². The number of hydrogen-bond acceptors (Lipinski definition) is 4. The summed E-state index contributed by atoms with van der Waals surface area (Å²) in [6, 6.07) is 10.6. The number of nitrogens with one attached hydrogen (secondary N) is 1. The number of ether oxygens (including phenoxy) is 1. The molecule has 0 aliphatic carbocycles. The summed E-state index contributed by atoms with van der Waals surface area (Å²) >= 11 is 0. The largest absolute Gasteiger partial charge is 0.497 e. The van der Waals surface area contributed by atoms with E-state index in [0.29, 0.717) is 6.04 Å². The van der Waals surface area contributed by atoms with Gasteiger partial charge in [-0.2, -0.15) is 0 Å². The second-order valence-electron chi connectivity index (χ2n) is 5.46. The fraction of sp³-hybridized carbons (Fsp3) is 0.412. The van der Waals surface area contributed by atoms with Gasteiger partial charge >= 0.3 is 0 Å². The Bertz CT molecular complexity index is 546. The highest BCUT2D eigenvalue weighted by molar-refractivity contribution is 5.49. The number of anilines is 1. The Morgan fingerprint density at radius 3 is 2.52 bits per heavy atom. The summed E-state index contributed by atoms with van der Waals surface area (Å²) in [6.45, 7) is 5.84. The number of hydrogen-bond donors (Lipinski definition) is 1. The highest BCUT2D eigenvalue weighted by Crippen LogP contribution is 2.21. The molecule has 4 heteroatoms. The van der Waals surface area contributed by atoms with Crippen molar-refractivity contribution < 1.29 is 9.15 Å². The van der Waals surface area contributed by atoms with Crippen molar-refractivity contribution in [2.75, 3.05) is 19.1 Å².